The highest BCUT2D eigenvalue weighted by Gasteiger charge is 2.05. The standard InChI is InChI=1S/C21H26N6S/c1-16-13-17(2)27(26-16)20-10-9-18(14-24-20)15-25-21(22-3)23-11-12-28-19-7-5-4-6-8-19/h4-10,13-14H,11-12,15H2,1-3H3,(H2,22,23,25). The lowest BCUT2D eigenvalue weighted by Crippen LogP contribution is -2.37. The van der Waals surface area contributed by atoms with Gasteiger partial charge in [-0.1, -0.05) is 24.3 Å². The van der Waals surface area contributed by atoms with Crippen LogP contribution in [0.4, 0.5) is 0 Å². The Hall–Kier alpha value is -2.80. The fourth-order valence-corrected chi connectivity index (χ4v) is 3.56. The molecule has 0 spiro atoms. The smallest absolute Gasteiger partial charge is 0.191 e. The molecule has 0 aliphatic rings. The molecule has 0 fully saturated rings. The van der Waals surface area contributed by atoms with Crippen LogP contribution in [0.2, 0.25) is 0 Å². The Morgan fingerprint density at radius 3 is 2.57 bits per heavy atom. The Morgan fingerprint density at radius 2 is 1.93 bits per heavy atom. The van der Waals surface area contributed by atoms with Crippen molar-refractivity contribution < 1.29 is 0 Å². The van der Waals surface area contributed by atoms with Crippen molar-refractivity contribution in [1.29, 1.82) is 0 Å². The van der Waals surface area contributed by atoms with E-state index in [0.29, 0.717) is 6.54 Å². The Bertz CT molecular complexity index is 902. The zero-order valence-electron chi connectivity index (χ0n) is 16.5. The molecule has 0 unspecified atom stereocenters. The highest BCUT2D eigenvalue weighted by Crippen LogP contribution is 2.15. The first-order valence-corrected chi connectivity index (χ1v) is 10.2. The van der Waals surface area contributed by atoms with E-state index >= 15 is 0 Å². The van der Waals surface area contributed by atoms with Gasteiger partial charge in [0.1, 0.15) is 0 Å². The molecule has 28 heavy (non-hydrogen) atoms. The average Bonchev–Trinajstić information content (AvgIpc) is 3.06. The van der Waals surface area contributed by atoms with Gasteiger partial charge in [-0.3, -0.25) is 4.99 Å². The summed E-state index contributed by atoms with van der Waals surface area (Å²) in [6.07, 6.45) is 1.87. The minimum absolute atomic E-state index is 0.663. The lowest BCUT2D eigenvalue weighted by molar-refractivity contribution is 0.795. The van der Waals surface area contributed by atoms with Crippen LogP contribution in [-0.2, 0) is 6.54 Å². The maximum absolute atomic E-state index is 4.53. The number of benzene rings is 1. The van der Waals surface area contributed by atoms with Gasteiger partial charge >= 0.3 is 0 Å². The summed E-state index contributed by atoms with van der Waals surface area (Å²) in [5.74, 6) is 2.59. The number of aromatic nitrogens is 3. The van der Waals surface area contributed by atoms with E-state index in [2.05, 4.69) is 56.0 Å². The second-order valence-corrected chi connectivity index (χ2v) is 7.55. The van der Waals surface area contributed by atoms with Gasteiger partial charge in [-0.15, -0.1) is 11.8 Å². The van der Waals surface area contributed by atoms with Crippen LogP contribution in [0.25, 0.3) is 5.82 Å². The molecule has 2 aromatic heterocycles. The van der Waals surface area contributed by atoms with E-state index in [9.17, 15) is 0 Å². The molecular weight excluding hydrogens is 368 g/mol. The number of pyridine rings is 1. The van der Waals surface area contributed by atoms with Crippen LogP contribution < -0.4 is 10.6 Å². The number of hydrogen-bond donors (Lipinski definition) is 2. The van der Waals surface area contributed by atoms with E-state index < -0.39 is 0 Å². The van der Waals surface area contributed by atoms with Gasteiger partial charge in [0.05, 0.1) is 5.69 Å². The maximum Gasteiger partial charge on any atom is 0.191 e. The quantitative estimate of drug-likeness (QED) is 0.278. The Morgan fingerprint density at radius 1 is 1.11 bits per heavy atom. The third-order valence-electron chi connectivity index (χ3n) is 4.13. The number of aliphatic imine (C=N–C) groups is 1. The molecule has 3 aromatic rings. The summed E-state index contributed by atoms with van der Waals surface area (Å²) in [5, 5.41) is 11.1. The van der Waals surface area contributed by atoms with Gasteiger partial charge in [0.15, 0.2) is 11.8 Å². The van der Waals surface area contributed by atoms with E-state index in [1.165, 1.54) is 4.90 Å². The van der Waals surface area contributed by atoms with Gasteiger partial charge in [-0.2, -0.15) is 5.10 Å². The molecule has 0 saturated carbocycles. The largest absolute Gasteiger partial charge is 0.356 e. The van der Waals surface area contributed by atoms with Crippen molar-refractivity contribution in [2.45, 2.75) is 25.3 Å². The summed E-state index contributed by atoms with van der Waals surface area (Å²) in [6, 6.07) is 16.5. The molecule has 0 amide bonds. The number of hydrogen-bond acceptors (Lipinski definition) is 4. The van der Waals surface area contributed by atoms with Crippen LogP contribution in [0.15, 0.2) is 64.6 Å². The summed E-state index contributed by atoms with van der Waals surface area (Å²) >= 11 is 1.83. The number of thioether (sulfide) groups is 1. The van der Waals surface area contributed by atoms with E-state index in [4.69, 9.17) is 0 Å². The average molecular weight is 395 g/mol. The minimum atomic E-state index is 0.663. The van der Waals surface area contributed by atoms with Crippen LogP contribution in [0.3, 0.4) is 0 Å². The molecule has 2 heterocycles. The summed E-state index contributed by atoms with van der Waals surface area (Å²) in [5.41, 5.74) is 3.16. The predicted octanol–water partition coefficient (Wildman–Crippen LogP) is 3.34. The summed E-state index contributed by atoms with van der Waals surface area (Å²) < 4.78 is 1.86. The molecule has 0 atom stereocenters. The van der Waals surface area contributed by atoms with E-state index in [1.807, 2.05) is 54.7 Å². The second-order valence-electron chi connectivity index (χ2n) is 6.38. The molecule has 6 nitrogen and oxygen atoms in total. The van der Waals surface area contributed by atoms with Gasteiger partial charge in [-0.25, -0.2) is 9.67 Å². The zero-order chi connectivity index (χ0) is 19.8. The molecule has 146 valence electrons. The van der Waals surface area contributed by atoms with Gasteiger partial charge in [0.25, 0.3) is 0 Å². The lowest BCUT2D eigenvalue weighted by atomic mass is 10.3. The molecule has 0 bridgehead atoms. The number of rotatable bonds is 7. The van der Waals surface area contributed by atoms with Crippen molar-refractivity contribution in [3.05, 3.63) is 71.7 Å². The summed E-state index contributed by atoms with van der Waals surface area (Å²) in [6.45, 7) is 5.52. The van der Waals surface area contributed by atoms with Crippen molar-refractivity contribution >= 4 is 17.7 Å². The van der Waals surface area contributed by atoms with Crippen molar-refractivity contribution in [3.8, 4) is 5.82 Å². The first-order chi connectivity index (χ1) is 13.7. The third-order valence-corrected chi connectivity index (χ3v) is 5.14. The highest BCUT2D eigenvalue weighted by molar-refractivity contribution is 7.99. The van der Waals surface area contributed by atoms with Crippen LogP contribution in [-0.4, -0.2) is 40.1 Å². The minimum Gasteiger partial charge on any atom is -0.356 e. The van der Waals surface area contributed by atoms with Gasteiger partial charge in [0.2, 0.25) is 0 Å². The molecule has 0 radical (unpaired) electrons. The topological polar surface area (TPSA) is 67.1 Å². The SMILES string of the molecule is CN=C(NCCSc1ccccc1)NCc1ccc(-n2nc(C)cc2C)nc1. The summed E-state index contributed by atoms with van der Waals surface area (Å²) in [7, 11) is 1.78. The molecule has 0 saturated heterocycles. The molecule has 7 heteroatoms. The number of aryl methyl sites for hydroxylation is 2. The van der Waals surface area contributed by atoms with Crippen molar-refractivity contribution in [1.82, 2.24) is 25.4 Å². The van der Waals surface area contributed by atoms with Crippen LogP contribution in [0.1, 0.15) is 17.0 Å². The zero-order valence-corrected chi connectivity index (χ0v) is 17.3. The van der Waals surface area contributed by atoms with Gasteiger partial charge in [-0.05, 0) is 43.7 Å². The molecule has 2 N–H and O–H groups in total. The Balaban J connectivity index is 1.45. The van der Waals surface area contributed by atoms with Gasteiger partial charge < -0.3 is 10.6 Å². The molecule has 0 aliphatic heterocycles. The highest BCUT2D eigenvalue weighted by atomic mass is 32.2. The van der Waals surface area contributed by atoms with Crippen molar-refractivity contribution in [2.75, 3.05) is 19.3 Å². The third kappa shape index (κ3) is 5.60. The molecule has 3 rings (SSSR count). The van der Waals surface area contributed by atoms with Crippen molar-refractivity contribution in [3.63, 3.8) is 0 Å². The Kier molecular flexibility index (Phi) is 7.08. The van der Waals surface area contributed by atoms with Crippen LogP contribution in [0, 0.1) is 13.8 Å². The maximum atomic E-state index is 4.53. The fourth-order valence-electron chi connectivity index (χ4n) is 2.77. The second kappa shape index (κ2) is 9.94. The van der Waals surface area contributed by atoms with E-state index in [0.717, 1.165) is 41.0 Å². The monoisotopic (exact) mass is 394 g/mol. The first-order valence-electron chi connectivity index (χ1n) is 9.26. The van der Waals surface area contributed by atoms with Crippen molar-refractivity contribution in [2.24, 2.45) is 4.99 Å². The van der Waals surface area contributed by atoms with E-state index in [1.54, 1.807) is 7.05 Å². The lowest BCUT2D eigenvalue weighted by Gasteiger charge is -2.12. The van der Waals surface area contributed by atoms with Gasteiger partial charge in [0, 0.05) is 42.7 Å². The first kappa shape index (κ1) is 19.9. The van der Waals surface area contributed by atoms with Crippen LogP contribution >= 0.6 is 11.8 Å². The fraction of sp³-hybridized carbons (Fsp3) is 0.286. The van der Waals surface area contributed by atoms with E-state index in [-0.39, 0.29) is 0 Å². The normalized spacial score (nSPS) is 11.5. The number of nitrogens with zero attached hydrogens (tertiary/aromatic N) is 4. The molecule has 0 aliphatic carbocycles. The molecule has 1 aromatic carbocycles. The number of guanidine groups is 1. The number of nitrogens with one attached hydrogen (secondary N) is 2. The summed E-state index contributed by atoms with van der Waals surface area (Å²) in [4.78, 5) is 10.1. The predicted molar refractivity (Wildman–Crippen MR) is 116 cm³/mol. The Labute approximate surface area is 170 Å². The van der Waals surface area contributed by atoms with Crippen LogP contribution in [0.5, 0.6) is 0 Å². The molecular formula is C21H26N6S.